The number of benzene rings is 1. The molecule has 108 valence electrons. The van der Waals surface area contributed by atoms with Gasteiger partial charge in [-0.1, -0.05) is 26.0 Å². The maximum Gasteiger partial charge on any atom is 0.240 e. The molecule has 0 bridgehead atoms. The van der Waals surface area contributed by atoms with Crippen LogP contribution in [0.2, 0.25) is 0 Å². The summed E-state index contributed by atoms with van der Waals surface area (Å²) in [7, 11) is 0.622. The van der Waals surface area contributed by atoms with Crippen LogP contribution < -0.4 is 9.62 Å². The van der Waals surface area contributed by atoms with Gasteiger partial charge in [-0.15, -0.1) is 0 Å². The quantitative estimate of drug-likeness (QED) is 0.772. The Kier molecular flexibility index (Phi) is 5.97. The van der Waals surface area contributed by atoms with Crippen molar-refractivity contribution in [3.63, 3.8) is 0 Å². The second-order valence-electron chi connectivity index (χ2n) is 5.23. The van der Waals surface area contributed by atoms with Crippen molar-refractivity contribution in [3.05, 3.63) is 29.8 Å². The van der Waals surface area contributed by atoms with Gasteiger partial charge >= 0.3 is 0 Å². The summed E-state index contributed by atoms with van der Waals surface area (Å²) in [4.78, 5) is 1.56. The monoisotopic (exact) mass is 285 g/mol. The fourth-order valence-corrected chi connectivity index (χ4v) is 2.76. The third-order valence-electron chi connectivity index (χ3n) is 3.29. The van der Waals surface area contributed by atoms with E-state index in [4.69, 9.17) is 0 Å². The average molecular weight is 285 g/mol. The number of quaternary nitrogens is 1. The summed E-state index contributed by atoms with van der Waals surface area (Å²) in [5.41, 5.74) is 1.18. The van der Waals surface area contributed by atoms with Crippen molar-refractivity contribution < 1.29 is 13.3 Å². The van der Waals surface area contributed by atoms with E-state index in [1.165, 1.54) is 10.5 Å². The zero-order valence-corrected chi connectivity index (χ0v) is 13.0. The third kappa shape index (κ3) is 4.93. The average Bonchev–Trinajstić information content (AvgIpc) is 2.37. The topological polar surface area (TPSA) is 50.6 Å². The second-order valence-corrected chi connectivity index (χ2v) is 7.00. The maximum atomic E-state index is 12.0. The van der Waals surface area contributed by atoms with E-state index >= 15 is 0 Å². The SMILES string of the molecule is CC[C@@H](C)c1ccc(S(=O)(=O)NCC[NH+](C)C)cc1. The lowest BCUT2D eigenvalue weighted by molar-refractivity contribution is -0.856. The molecule has 1 aromatic rings. The molecule has 5 heteroatoms. The highest BCUT2D eigenvalue weighted by Crippen LogP contribution is 2.20. The molecule has 0 saturated heterocycles. The molecule has 0 aliphatic heterocycles. The van der Waals surface area contributed by atoms with Crippen LogP contribution in [0.15, 0.2) is 29.2 Å². The van der Waals surface area contributed by atoms with Gasteiger partial charge in [0, 0.05) is 0 Å². The predicted molar refractivity (Wildman–Crippen MR) is 78.0 cm³/mol. The standard InChI is InChI=1S/C14H24N2O2S/c1-5-12(2)13-6-8-14(9-7-13)19(17,18)15-10-11-16(3)4/h6-9,12,15H,5,10-11H2,1-4H3/p+1/t12-/m1/s1. The van der Waals surface area contributed by atoms with Crippen LogP contribution in [0, 0.1) is 0 Å². The highest BCUT2D eigenvalue weighted by molar-refractivity contribution is 7.89. The Morgan fingerprint density at radius 1 is 1.21 bits per heavy atom. The highest BCUT2D eigenvalue weighted by atomic mass is 32.2. The molecule has 0 saturated carbocycles. The lowest BCUT2D eigenvalue weighted by Gasteiger charge is -2.11. The summed E-state index contributed by atoms with van der Waals surface area (Å²) in [6, 6.07) is 7.18. The zero-order valence-electron chi connectivity index (χ0n) is 12.2. The molecular weight excluding hydrogens is 260 g/mol. The van der Waals surface area contributed by atoms with Crippen LogP contribution in [0.4, 0.5) is 0 Å². The van der Waals surface area contributed by atoms with E-state index in [2.05, 4.69) is 18.6 Å². The molecule has 0 aromatic heterocycles. The first-order valence-corrected chi connectivity index (χ1v) is 8.23. The van der Waals surface area contributed by atoms with Gasteiger partial charge in [0.05, 0.1) is 32.1 Å². The fourth-order valence-electron chi connectivity index (χ4n) is 1.73. The number of hydrogen-bond donors (Lipinski definition) is 2. The molecule has 4 nitrogen and oxygen atoms in total. The highest BCUT2D eigenvalue weighted by Gasteiger charge is 2.14. The summed E-state index contributed by atoms with van der Waals surface area (Å²) in [5.74, 6) is 0.460. The molecule has 0 heterocycles. The van der Waals surface area contributed by atoms with Gasteiger partial charge in [-0.25, -0.2) is 13.1 Å². The van der Waals surface area contributed by atoms with Crippen molar-refractivity contribution in [2.45, 2.75) is 31.1 Å². The van der Waals surface area contributed by atoms with E-state index in [1.54, 1.807) is 12.1 Å². The number of rotatable bonds is 7. The van der Waals surface area contributed by atoms with Crippen LogP contribution in [-0.2, 0) is 10.0 Å². The minimum absolute atomic E-state index is 0.341. The molecule has 0 spiro atoms. The van der Waals surface area contributed by atoms with Crippen LogP contribution in [-0.4, -0.2) is 35.6 Å². The summed E-state index contributed by atoms with van der Waals surface area (Å²) in [5, 5.41) is 0. The van der Waals surface area contributed by atoms with Gasteiger partial charge in [-0.3, -0.25) is 0 Å². The van der Waals surface area contributed by atoms with E-state index in [0.717, 1.165) is 13.0 Å². The molecule has 0 radical (unpaired) electrons. The van der Waals surface area contributed by atoms with Crippen LogP contribution in [0.25, 0.3) is 0 Å². The normalized spacial score (nSPS) is 13.7. The van der Waals surface area contributed by atoms with Crippen molar-refractivity contribution in [2.24, 2.45) is 0 Å². The Morgan fingerprint density at radius 2 is 1.79 bits per heavy atom. The number of sulfonamides is 1. The predicted octanol–water partition coefficient (Wildman–Crippen LogP) is 0.623. The molecule has 0 unspecified atom stereocenters. The van der Waals surface area contributed by atoms with Gasteiger partial charge in [0.25, 0.3) is 0 Å². The lowest BCUT2D eigenvalue weighted by Crippen LogP contribution is -3.06. The van der Waals surface area contributed by atoms with E-state index in [1.807, 2.05) is 26.2 Å². The number of hydrogen-bond acceptors (Lipinski definition) is 2. The minimum Gasteiger partial charge on any atom is -0.339 e. The maximum absolute atomic E-state index is 12.0. The first-order chi connectivity index (χ1) is 8.86. The van der Waals surface area contributed by atoms with Crippen molar-refractivity contribution in [3.8, 4) is 0 Å². The first-order valence-electron chi connectivity index (χ1n) is 6.75. The van der Waals surface area contributed by atoms with Crippen molar-refractivity contribution >= 4 is 10.0 Å². The molecular formula is C14H25N2O2S+. The Bertz CT molecular complexity index is 481. The largest absolute Gasteiger partial charge is 0.339 e. The molecule has 0 aliphatic rings. The molecule has 0 fully saturated rings. The molecule has 1 aromatic carbocycles. The van der Waals surface area contributed by atoms with Gasteiger partial charge in [-0.05, 0) is 30.0 Å². The third-order valence-corrected chi connectivity index (χ3v) is 4.77. The van der Waals surface area contributed by atoms with E-state index < -0.39 is 10.0 Å². The Morgan fingerprint density at radius 3 is 2.26 bits per heavy atom. The van der Waals surface area contributed by atoms with Gasteiger partial charge in [0.15, 0.2) is 0 Å². The van der Waals surface area contributed by atoms with E-state index in [-0.39, 0.29) is 0 Å². The summed E-state index contributed by atoms with van der Waals surface area (Å²) in [6.45, 7) is 5.49. The van der Waals surface area contributed by atoms with Gasteiger partial charge in [0.2, 0.25) is 10.0 Å². The molecule has 19 heavy (non-hydrogen) atoms. The van der Waals surface area contributed by atoms with Crippen LogP contribution in [0.5, 0.6) is 0 Å². The molecule has 2 N–H and O–H groups in total. The fraction of sp³-hybridized carbons (Fsp3) is 0.571. The second kappa shape index (κ2) is 7.03. The van der Waals surface area contributed by atoms with E-state index in [0.29, 0.717) is 17.4 Å². The molecule has 0 aliphatic carbocycles. The van der Waals surface area contributed by atoms with Crippen LogP contribution in [0.1, 0.15) is 31.7 Å². The number of nitrogens with one attached hydrogen (secondary N) is 2. The Labute approximate surface area is 116 Å². The van der Waals surface area contributed by atoms with Crippen molar-refractivity contribution in [2.75, 3.05) is 27.2 Å². The van der Waals surface area contributed by atoms with Crippen LogP contribution >= 0.6 is 0 Å². The van der Waals surface area contributed by atoms with Gasteiger partial charge < -0.3 is 4.90 Å². The molecule has 1 rings (SSSR count). The van der Waals surface area contributed by atoms with E-state index in [9.17, 15) is 8.42 Å². The minimum atomic E-state index is -3.37. The molecule has 0 amide bonds. The zero-order chi connectivity index (χ0) is 14.5. The summed E-state index contributed by atoms with van der Waals surface area (Å²) < 4.78 is 26.7. The number of likely N-dealkylation sites (N-methyl/N-ethyl adjacent to an activating group) is 1. The summed E-state index contributed by atoms with van der Waals surface area (Å²) >= 11 is 0. The lowest BCUT2D eigenvalue weighted by atomic mass is 9.99. The molecule has 1 atom stereocenters. The Balaban J connectivity index is 2.73. The Hall–Kier alpha value is -0.910. The van der Waals surface area contributed by atoms with Gasteiger partial charge in [0.1, 0.15) is 0 Å². The van der Waals surface area contributed by atoms with Crippen LogP contribution in [0.3, 0.4) is 0 Å². The summed E-state index contributed by atoms with van der Waals surface area (Å²) in [6.07, 6.45) is 1.05. The van der Waals surface area contributed by atoms with Crippen molar-refractivity contribution in [1.82, 2.24) is 4.72 Å². The van der Waals surface area contributed by atoms with Gasteiger partial charge in [-0.2, -0.15) is 0 Å². The first kappa shape index (κ1) is 16.1. The smallest absolute Gasteiger partial charge is 0.240 e. The van der Waals surface area contributed by atoms with Crippen molar-refractivity contribution in [1.29, 1.82) is 0 Å².